The van der Waals surface area contributed by atoms with Crippen molar-refractivity contribution in [1.82, 2.24) is 0 Å². The summed E-state index contributed by atoms with van der Waals surface area (Å²) >= 11 is 11.1. The fourth-order valence-corrected chi connectivity index (χ4v) is 1.36. The molecular weight excluding hydrogens is 393 g/mol. The lowest BCUT2D eigenvalue weighted by Crippen LogP contribution is -2.56. The predicted octanol–water partition coefficient (Wildman–Crippen LogP) is 4.77. The maximum absolute atomic E-state index is 12.9. The van der Waals surface area contributed by atoms with E-state index in [1.165, 1.54) is 31.9 Å². The third kappa shape index (κ3) is 2.44. The van der Waals surface area contributed by atoms with Gasteiger partial charge in [-0.05, 0) is 43.5 Å². The predicted molar refractivity (Wildman–Crippen MR) is 47.1 cm³/mol. The van der Waals surface area contributed by atoms with Crippen LogP contribution in [0.15, 0.2) is 0 Å². The summed E-state index contributed by atoms with van der Waals surface area (Å²) in [6.45, 7) is 0. The number of hydrogen-bond acceptors (Lipinski definition) is 0. The van der Waals surface area contributed by atoms with E-state index in [2.05, 4.69) is 23.2 Å². The molecule has 0 saturated carbocycles. The molecule has 0 heterocycles. The van der Waals surface area contributed by atoms with Crippen LogP contribution >= 0.6 is 55.1 Å². The summed E-state index contributed by atoms with van der Waals surface area (Å²) in [5.41, 5.74) is 0. The van der Waals surface area contributed by atoms with E-state index in [0.29, 0.717) is 0 Å². The van der Waals surface area contributed by atoms with Gasteiger partial charge in [-0.1, -0.05) is 11.6 Å². The van der Waals surface area contributed by atoms with Crippen LogP contribution < -0.4 is 0 Å². The van der Waals surface area contributed by atoms with E-state index in [9.17, 15) is 26.3 Å². The van der Waals surface area contributed by atoms with E-state index >= 15 is 0 Å². The smallest absolute Gasteiger partial charge is 0.218 e. The lowest BCUT2D eigenvalue weighted by atomic mass is 10.2. The molecule has 0 aliphatic carbocycles. The summed E-state index contributed by atoms with van der Waals surface area (Å²) in [4.78, 5) is -4.67. The molecule has 0 amide bonds. The van der Waals surface area contributed by atoms with E-state index in [1.807, 2.05) is 0 Å². The lowest BCUT2D eigenvalue weighted by molar-refractivity contribution is -0.126. The molecule has 0 saturated heterocycles. The molecule has 0 N–H and O–H groups in total. The SMILES string of the molecule is FC(F)(Cl)[C@@](F)(Cl)[C@](F)(Br)C(F)(F)Br. The monoisotopic (exact) mass is 390 g/mol. The number of hydrogen-bond donors (Lipinski definition) is 0. The molecule has 0 aliphatic rings. The van der Waals surface area contributed by atoms with Crippen molar-refractivity contribution in [2.45, 2.75) is 19.9 Å². The molecule has 0 aliphatic heterocycles. The van der Waals surface area contributed by atoms with E-state index in [0.717, 1.165) is 0 Å². The Labute approximate surface area is 101 Å². The number of rotatable bonds is 3. The van der Waals surface area contributed by atoms with Crippen LogP contribution in [0.1, 0.15) is 0 Å². The van der Waals surface area contributed by atoms with Gasteiger partial charge >= 0.3 is 15.3 Å². The molecule has 0 bridgehead atoms. The summed E-state index contributed by atoms with van der Waals surface area (Å²) in [6.07, 6.45) is 0. The molecule has 0 rings (SSSR count). The summed E-state index contributed by atoms with van der Waals surface area (Å²) in [6, 6.07) is 0. The molecule has 0 aromatic heterocycles. The zero-order chi connectivity index (χ0) is 12.0. The maximum atomic E-state index is 12.9. The highest BCUT2D eigenvalue weighted by Crippen LogP contribution is 2.59. The van der Waals surface area contributed by atoms with Gasteiger partial charge < -0.3 is 0 Å². The van der Waals surface area contributed by atoms with Gasteiger partial charge in [-0.2, -0.15) is 17.6 Å². The van der Waals surface area contributed by atoms with Gasteiger partial charge in [0.15, 0.2) is 0 Å². The van der Waals surface area contributed by atoms with Crippen LogP contribution in [-0.2, 0) is 0 Å². The minimum Gasteiger partial charge on any atom is -0.218 e. The van der Waals surface area contributed by atoms with E-state index in [4.69, 9.17) is 0 Å². The van der Waals surface area contributed by atoms with Gasteiger partial charge in [-0.15, -0.1) is 0 Å². The molecule has 86 valence electrons. The second kappa shape index (κ2) is 3.85. The average molecular weight is 393 g/mol. The highest BCUT2D eigenvalue weighted by Gasteiger charge is 2.75. The third-order valence-electron chi connectivity index (χ3n) is 1.11. The quantitative estimate of drug-likeness (QED) is 0.479. The van der Waals surface area contributed by atoms with Gasteiger partial charge in [0.1, 0.15) is 0 Å². The highest BCUT2D eigenvalue weighted by atomic mass is 79.9. The largest absolute Gasteiger partial charge is 0.373 e. The van der Waals surface area contributed by atoms with E-state index < -0.39 is 19.9 Å². The topological polar surface area (TPSA) is 0 Å². The van der Waals surface area contributed by atoms with Crippen LogP contribution in [0.3, 0.4) is 0 Å². The Hall–Kier alpha value is 1.12. The van der Waals surface area contributed by atoms with Gasteiger partial charge in [0.05, 0.1) is 0 Å². The van der Waals surface area contributed by atoms with Crippen molar-refractivity contribution < 1.29 is 26.3 Å². The Morgan fingerprint density at radius 3 is 1.14 bits per heavy atom. The van der Waals surface area contributed by atoms with E-state index in [-0.39, 0.29) is 0 Å². The van der Waals surface area contributed by atoms with Crippen LogP contribution in [0.4, 0.5) is 26.3 Å². The molecule has 0 spiro atoms. The summed E-state index contributed by atoms with van der Waals surface area (Å²) < 4.78 is 70.1. The van der Waals surface area contributed by atoms with Crippen molar-refractivity contribution in [3.8, 4) is 0 Å². The minimum atomic E-state index is -5.02. The second-order valence-electron chi connectivity index (χ2n) is 2.14. The van der Waals surface area contributed by atoms with Crippen LogP contribution in [0.2, 0.25) is 0 Å². The fraction of sp³-hybridized carbons (Fsp3) is 1.00. The second-order valence-corrected chi connectivity index (χ2v) is 5.23. The zero-order valence-electron chi connectivity index (χ0n) is 5.78. The molecule has 0 aromatic rings. The first-order valence-electron chi connectivity index (χ1n) is 2.64. The van der Waals surface area contributed by atoms with Gasteiger partial charge in [-0.3, -0.25) is 0 Å². The third-order valence-corrected chi connectivity index (χ3v) is 4.31. The van der Waals surface area contributed by atoms with Crippen molar-refractivity contribution in [2.24, 2.45) is 0 Å². The van der Waals surface area contributed by atoms with Crippen molar-refractivity contribution in [1.29, 1.82) is 0 Å². The van der Waals surface area contributed by atoms with Gasteiger partial charge in [-0.25, -0.2) is 8.78 Å². The van der Waals surface area contributed by atoms with Crippen LogP contribution in [0, 0.1) is 0 Å². The summed E-state index contributed by atoms with van der Waals surface area (Å²) in [7, 11) is 0. The fourth-order valence-electron chi connectivity index (χ4n) is 0.356. The molecule has 0 aromatic carbocycles. The Morgan fingerprint density at radius 1 is 0.786 bits per heavy atom. The van der Waals surface area contributed by atoms with Crippen molar-refractivity contribution in [3.63, 3.8) is 0 Å². The Balaban J connectivity index is 5.30. The van der Waals surface area contributed by atoms with Crippen LogP contribution in [0.5, 0.6) is 0 Å². The van der Waals surface area contributed by atoms with E-state index in [1.54, 1.807) is 0 Å². The van der Waals surface area contributed by atoms with Crippen LogP contribution in [-0.4, -0.2) is 19.9 Å². The molecule has 0 nitrogen and oxygen atoms in total. The van der Waals surface area contributed by atoms with Crippen molar-refractivity contribution >= 4 is 55.1 Å². The van der Waals surface area contributed by atoms with Crippen molar-refractivity contribution in [3.05, 3.63) is 0 Å². The summed E-state index contributed by atoms with van der Waals surface area (Å²) in [5.74, 6) is 0. The van der Waals surface area contributed by atoms with Gasteiger partial charge in [0.25, 0.3) is 4.58 Å². The maximum Gasteiger partial charge on any atom is 0.373 e. The summed E-state index contributed by atoms with van der Waals surface area (Å²) in [5, 5.41) is -9.85. The number of alkyl halides is 10. The molecule has 2 atom stereocenters. The first kappa shape index (κ1) is 15.1. The first-order valence-corrected chi connectivity index (χ1v) is 4.98. The standard InChI is InChI=1S/C4Br2Cl2F6/c5-1(9,3(6,11)12)2(7,10)4(8,13)14/t1-,2-/m1/s1. The first-order chi connectivity index (χ1) is 5.75. The molecule has 0 fully saturated rings. The lowest BCUT2D eigenvalue weighted by Gasteiger charge is -2.34. The highest BCUT2D eigenvalue weighted by molar-refractivity contribution is 9.12. The molecule has 0 radical (unpaired) electrons. The Morgan fingerprint density at radius 2 is 1.07 bits per heavy atom. The van der Waals surface area contributed by atoms with Gasteiger partial charge in [0, 0.05) is 0 Å². The Bertz CT molecular complexity index is 195. The van der Waals surface area contributed by atoms with Crippen LogP contribution in [0.25, 0.3) is 0 Å². The minimum absolute atomic E-state index is 1.36. The van der Waals surface area contributed by atoms with Gasteiger partial charge in [0.2, 0.25) is 0 Å². The molecular formula is C4Br2Cl2F6. The normalized spacial score (nSPS) is 22.7. The molecule has 10 heteroatoms. The Kier molecular flexibility index (Phi) is 4.16. The molecule has 14 heavy (non-hydrogen) atoms. The van der Waals surface area contributed by atoms with Crippen molar-refractivity contribution in [2.75, 3.05) is 0 Å². The average Bonchev–Trinajstić information content (AvgIpc) is 1.81. The number of halogens is 10. The zero-order valence-corrected chi connectivity index (χ0v) is 10.5. The molecule has 0 unspecified atom stereocenters.